The van der Waals surface area contributed by atoms with Crippen molar-refractivity contribution in [3.8, 4) is 0 Å². The Morgan fingerprint density at radius 2 is 1.94 bits per heavy atom. The van der Waals surface area contributed by atoms with Crippen LogP contribution in [0.2, 0.25) is 0 Å². The molecule has 7 heteroatoms. The van der Waals surface area contributed by atoms with Crippen LogP contribution in [0, 0.1) is 5.82 Å². The normalized spacial score (nSPS) is 13.0. The van der Waals surface area contributed by atoms with Gasteiger partial charge < -0.3 is 10.8 Å². The Labute approximate surface area is 106 Å². The second-order valence-corrected chi connectivity index (χ2v) is 6.63. The number of hydrogen-bond acceptors (Lipinski definition) is 4. The number of halogens is 1. The minimum Gasteiger partial charge on any atom is -0.399 e. The Bertz CT molecular complexity index is 523. The van der Waals surface area contributed by atoms with Gasteiger partial charge in [-0.25, -0.2) is 12.8 Å². The van der Waals surface area contributed by atoms with E-state index in [9.17, 15) is 17.9 Å². The van der Waals surface area contributed by atoms with Crippen LogP contribution >= 0.6 is 0 Å². The van der Waals surface area contributed by atoms with Crippen LogP contribution in [0.5, 0.6) is 0 Å². The van der Waals surface area contributed by atoms with Gasteiger partial charge in [0.2, 0.25) is 10.0 Å². The van der Waals surface area contributed by atoms with Crippen LogP contribution < -0.4 is 5.73 Å². The van der Waals surface area contributed by atoms with Crippen molar-refractivity contribution < 1.29 is 17.9 Å². The number of aliphatic hydroxyl groups is 1. The maximum absolute atomic E-state index is 13.2. The van der Waals surface area contributed by atoms with E-state index in [-0.39, 0.29) is 17.2 Å². The molecule has 0 saturated carbocycles. The van der Waals surface area contributed by atoms with Gasteiger partial charge >= 0.3 is 0 Å². The summed E-state index contributed by atoms with van der Waals surface area (Å²) in [5, 5.41) is 9.18. The van der Waals surface area contributed by atoms with Crippen molar-refractivity contribution in [2.45, 2.75) is 24.3 Å². The van der Waals surface area contributed by atoms with Gasteiger partial charge in [0.25, 0.3) is 0 Å². The molecule has 0 bridgehead atoms. The molecule has 0 radical (unpaired) electrons. The summed E-state index contributed by atoms with van der Waals surface area (Å²) >= 11 is 0. The lowest BCUT2D eigenvalue weighted by Crippen LogP contribution is -2.47. The van der Waals surface area contributed by atoms with Crippen LogP contribution in [0.25, 0.3) is 0 Å². The van der Waals surface area contributed by atoms with E-state index in [1.807, 2.05) is 0 Å². The summed E-state index contributed by atoms with van der Waals surface area (Å²) in [6.07, 6.45) is 0. The smallest absolute Gasteiger partial charge is 0.243 e. The molecule has 0 aromatic heterocycles. The largest absolute Gasteiger partial charge is 0.399 e. The van der Waals surface area contributed by atoms with Gasteiger partial charge in [0.15, 0.2) is 0 Å². The molecule has 0 atom stereocenters. The number of anilines is 1. The molecule has 0 heterocycles. The lowest BCUT2D eigenvalue weighted by molar-refractivity contribution is 0.138. The highest BCUT2D eigenvalue weighted by Crippen LogP contribution is 2.24. The highest BCUT2D eigenvalue weighted by atomic mass is 32.2. The number of nitrogen functional groups attached to an aromatic ring is 1. The number of rotatable bonds is 4. The van der Waals surface area contributed by atoms with E-state index in [0.29, 0.717) is 0 Å². The van der Waals surface area contributed by atoms with Gasteiger partial charge in [-0.1, -0.05) is 0 Å². The Morgan fingerprint density at radius 3 is 2.39 bits per heavy atom. The van der Waals surface area contributed by atoms with E-state index >= 15 is 0 Å². The molecule has 102 valence electrons. The third-order valence-electron chi connectivity index (χ3n) is 2.79. The SMILES string of the molecule is CN(C(C)(C)CO)S(=O)(=O)c1cc(N)cc(F)c1. The van der Waals surface area contributed by atoms with E-state index in [4.69, 9.17) is 5.73 Å². The van der Waals surface area contributed by atoms with Gasteiger partial charge in [0, 0.05) is 12.7 Å². The van der Waals surface area contributed by atoms with Crippen LogP contribution in [0.15, 0.2) is 23.1 Å². The lowest BCUT2D eigenvalue weighted by atomic mass is 10.1. The van der Waals surface area contributed by atoms with E-state index in [1.54, 1.807) is 13.8 Å². The Morgan fingerprint density at radius 1 is 1.39 bits per heavy atom. The van der Waals surface area contributed by atoms with Crippen molar-refractivity contribution in [1.29, 1.82) is 0 Å². The van der Waals surface area contributed by atoms with Gasteiger partial charge in [-0.05, 0) is 32.0 Å². The lowest BCUT2D eigenvalue weighted by Gasteiger charge is -2.32. The zero-order valence-corrected chi connectivity index (χ0v) is 11.3. The molecular weight excluding hydrogens is 259 g/mol. The fraction of sp³-hybridized carbons (Fsp3) is 0.455. The molecular formula is C11H17FN2O3S. The number of likely N-dealkylation sites (N-methyl/N-ethyl adjacent to an activating group) is 1. The van der Waals surface area contributed by atoms with Crippen LogP contribution in [0.1, 0.15) is 13.8 Å². The van der Waals surface area contributed by atoms with Crippen LogP contribution in [-0.4, -0.2) is 37.0 Å². The molecule has 0 aliphatic rings. The van der Waals surface area contributed by atoms with Crippen LogP contribution in [0.4, 0.5) is 10.1 Å². The summed E-state index contributed by atoms with van der Waals surface area (Å²) in [6, 6.07) is 3.12. The highest BCUT2D eigenvalue weighted by Gasteiger charge is 2.33. The van der Waals surface area contributed by atoms with Crippen molar-refractivity contribution in [3.05, 3.63) is 24.0 Å². The first-order valence-electron chi connectivity index (χ1n) is 5.27. The predicted molar refractivity (Wildman–Crippen MR) is 66.9 cm³/mol. The fourth-order valence-corrected chi connectivity index (χ4v) is 2.89. The van der Waals surface area contributed by atoms with Crippen molar-refractivity contribution in [2.24, 2.45) is 0 Å². The molecule has 5 nitrogen and oxygen atoms in total. The minimum atomic E-state index is -3.90. The maximum atomic E-state index is 13.2. The molecule has 0 amide bonds. The number of aliphatic hydroxyl groups excluding tert-OH is 1. The molecule has 0 unspecified atom stereocenters. The Balaban J connectivity index is 3.30. The molecule has 1 aromatic carbocycles. The summed E-state index contributed by atoms with van der Waals surface area (Å²) in [7, 11) is -2.57. The number of benzene rings is 1. The molecule has 18 heavy (non-hydrogen) atoms. The topological polar surface area (TPSA) is 83.6 Å². The molecule has 1 rings (SSSR count). The first-order chi connectivity index (χ1) is 8.11. The van der Waals surface area contributed by atoms with Crippen molar-refractivity contribution in [1.82, 2.24) is 4.31 Å². The summed E-state index contributed by atoms with van der Waals surface area (Å²) in [4.78, 5) is -0.232. The average molecular weight is 276 g/mol. The van der Waals surface area contributed by atoms with Crippen molar-refractivity contribution >= 4 is 15.7 Å². The third-order valence-corrected chi connectivity index (χ3v) is 4.84. The summed E-state index contributed by atoms with van der Waals surface area (Å²) in [5.41, 5.74) is 4.47. The molecule has 0 fully saturated rings. The van der Waals surface area contributed by atoms with Gasteiger partial charge in [-0.3, -0.25) is 0 Å². The second-order valence-electron chi connectivity index (χ2n) is 4.66. The predicted octanol–water partition coefficient (Wildman–Crippen LogP) is 0.799. The Hall–Kier alpha value is -1.18. The number of sulfonamides is 1. The number of nitrogens with zero attached hydrogens (tertiary/aromatic N) is 1. The van der Waals surface area contributed by atoms with E-state index in [2.05, 4.69) is 0 Å². The van der Waals surface area contributed by atoms with Crippen LogP contribution in [0.3, 0.4) is 0 Å². The summed E-state index contributed by atoms with van der Waals surface area (Å²) in [6.45, 7) is 2.77. The molecule has 0 aliphatic heterocycles. The van der Waals surface area contributed by atoms with E-state index < -0.39 is 21.4 Å². The fourth-order valence-electron chi connectivity index (χ4n) is 1.32. The highest BCUT2D eigenvalue weighted by molar-refractivity contribution is 7.89. The second kappa shape index (κ2) is 4.83. The Kier molecular flexibility index (Phi) is 3.99. The van der Waals surface area contributed by atoms with Gasteiger partial charge in [0.05, 0.1) is 17.0 Å². The van der Waals surface area contributed by atoms with Gasteiger partial charge in [0.1, 0.15) is 5.82 Å². The number of nitrogens with two attached hydrogens (primary N) is 1. The number of hydrogen-bond donors (Lipinski definition) is 2. The molecule has 0 aliphatic carbocycles. The third kappa shape index (κ3) is 2.80. The van der Waals surface area contributed by atoms with Crippen LogP contribution in [-0.2, 0) is 10.0 Å². The van der Waals surface area contributed by atoms with Crippen molar-refractivity contribution in [3.63, 3.8) is 0 Å². The summed E-state index contributed by atoms with van der Waals surface area (Å²) < 4.78 is 38.7. The van der Waals surface area contributed by atoms with Gasteiger partial charge in [-0.2, -0.15) is 4.31 Å². The first-order valence-corrected chi connectivity index (χ1v) is 6.71. The monoisotopic (exact) mass is 276 g/mol. The maximum Gasteiger partial charge on any atom is 0.243 e. The zero-order chi connectivity index (χ0) is 14.1. The molecule has 1 aromatic rings. The first kappa shape index (κ1) is 14.9. The molecule has 0 spiro atoms. The van der Waals surface area contributed by atoms with Gasteiger partial charge in [-0.15, -0.1) is 0 Å². The quantitative estimate of drug-likeness (QED) is 0.797. The summed E-state index contributed by atoms with van der Waals surface area (Å²) in [5.74, 6) is -0.719. The van der Waals surface area contributed by atoms with E-state index in [0.717, 1.165) is 16.4 Å². The van der Waals surface area contributed by atoms with Crippen molar-refractivity contribution in [2.75, 3.05) is 19.4 Å². The average Bonchev–Trinajstić information content (AvgIpc) is 2.26. The van der Waals surface area contributed by atoms with E-state index in [1.165, 1.54) is 13.1 Å². The minimum absolute atomic E-state index is 0.0313. The molecule has 3 N–H and O–H groups in total. The molecule has 0 saturated heterocycles. The standard InChI is InChI=1S/C11H17FN2O3S/c1-11(2,7-15)14(3)18(16,17)10-5-8(12)4-9(13)6-10/h4-6,15H,7,13H2,1-3H3. The zero-order valence-electron chi connectivity index (χ0n) is 10.5.